The minimum Gasteiger partial charge on any atom is -0.494 e. The van der Waals surface area contributed by atoms with E-state index in [1.54, 1.807) is 54.4 Å². The van der Waals surface area contributed by atoms with Crippen LogP contribution in [0.4, 0.5) is 5.69 Å². The van der Waals surface area contributed by atoms with Crippen molar-refractivity contribution in [1.82, 2.24) is 4.90 Å². The number of benzene rings is 2. The third kappa shape index (κ3) is 4.20. The Morgan fingerprint density at radius 2 is 1.80 bits per heavy atom. The van der Waals surface area contributed by atoms with Gasteiger partial charge in [-0.2, -0.15) is 0 Å². The number of amides is 2. The second-order valence-electron chi connectivity index (χ2n) is 7.12. The van der Waals surface area contributed by atoms with Crippen LogP contribution < -0.4 is 9.64 Å². The van der Waals surface area contributed by atoms with Gasteiger partial charge in [-0.1, -0.05) is 36.7 Å². The van der Waals surface area contributed by atoms with Crippen LogP contribution in [0.5, 0.6) is 5.75 Å². The average Bonchev–Trinajstić information content (AvgIpc) is 2.99. The lowest BCUT2D eigenvalue weighted by molar-refractivity contribution is -0.120. The van der Waals surface area contributed by atoms with E-state index in [4.69, 9.17) is 16.3 Å². The van der Waals surface area contributed by atoms with E-state index in [2.05, 4.69) is 0 Å². The Labute approximate surface area is 181 Å². The molecule has 1 N–H and O–H groups in total. The van der Waals surface area contributed by atoms with Crippen LogP contribution in [0.1, 0.15) is 24.5 Å². The summed E-state index contributed by atoms with van der Waals surface area (Å²) in [7, 11) is 1.68. The highest BCUT2D eigenvalue weighted by atomic mass is 35.5. The lowest BCUT2D eigenvalue weighted by Gasteiger charge is -2.21. The number of aliphatic hydroxyl groups is 1. The van der Waals surface area contributed by atoms with Gasteiger partial charge in [0, 0.05) is 18.6 Å². The maximum absolute atomic E-state index is 13.4. The number of likely N-dealkylation sites (N-methyl/N-ethyl adjacent to an activating group) is 1. The molecular formula is C23H25ClN2O4. The van der Waals surface area contributed by atoms with Gasteiger partial charge >= 0.3 is 0 Å². The van der Waals surface area contributed by atoms with Gasteiger partial charge in [0.2, 0.25) is 0 Å². The number of aryl methyl sites for hydroxylation is 1. The number of nitrogens with zero attached hydrogens (tertiary/aromatic N) is 2. The Morgan fingerprint density at radius 1 is 1.10 bits per heavy atom. The van der Waals surface area contributed by atoms with Crippen molar-refractivity contribution >= 4 is 34.7 Å². The molecule has 2 amide bonds. The zero-order chi connectivity index (χ0) is 21.8. The molecule has 7 heteroatoms. The molecule has 0 saturated carbocycles. The number of imide groups is 1. The zero-order valence-corrected chi connectivity index (χ0v) is 18.1. The Bertz CT molecular complexity index is 985. The number of carbonyl (C=O) groups is 2. The Balaban J connectivity index is 2.07. The van der Waals surface area contributed by atoms with Gasteiger partial charge in [-0.15, -0.1) is 0 Å². The first-order chi connectivity index (χ1) is 14.4. The summed E-state index contributed by atoms with van der Waals surface area (Å²) in [5.41, 5.74) is 2.35. The van der Waals surface area contributed by atoms with Crippen molar-refractivity contribution in [3.63, 3.8) is 0 Å². The smallest absolute Gasteiger partial charge is 0.282 e. The summed E-state index contributed by atoms with van der Waals surface area (Å²) in [5.74, 6) is -0.166. The molecule has 0 radical (unpaired) electrons. The van der Waals surface area contributed by atoms with E-state index in [0.29, 0.717) is 28.6 Å². The van der Waals surface area contributed by atoms with Crippen molar-refractivity contribution in [3.05, 3.63) is 64.3 Å². The van der Waals surface area contributed by atoms with Gasteiger partial charge < -0.3 is 14.7 Å². The first kappa shape index (κ1) is 21.9. The number of ether oxygens (including phenoxy) is 1. The highest BCUT2D eigenvalue weighted by molar-refractivity contribution is 6.45. The molecule has 1 heterocycles. The van der Waals surface area contributed by atoms with E-state index in [1.165, 1.54) is 0 Å². The first-order valence-corrected chi connectivity index (χ1v) is 10.2. The van der Waals surface area contributed by atoms with E-state index in [-0.39, 0.29) is 24.4 Å². The molecule has 158 valence electrons. The largest absolute Gasteiger partial charge is 0.494 e. The second-order valence-corrected chi connectivity index (χ2v) is 7.55. The van der Waals surface area contributed by atoms with E-state index in [1.807, 2.05) is 13.8 Å². The van der Waals surface area contributed by atoms with Crippen LogP contribution >= 0.6 is 11.6 Å². The predicted molar refractivity (Wildman–Crippen MR) is 118 cm³/mol. The summed E-state index contributed by atoms with van der Waals surface area (Å²) < 4.78 is 5.62. The van der Waals surface area contributed by atoms with Gasteiger partial charge in [-0.3, -0.25) is 9.59 Å². The van der Waals surface area contributed by atoms with E-state index in [9.17, 15) is 14.7 Å². The number of hydrogen-bond donors (Lipinski definition) is 1. The third-order valence-corrected chi connectivity index (χ3v) is 5.14. The molecule has 6 nitrogen and oxygen atoms in total. The van der Waals surface area contributed by atoms with E-state index < -0.39 is 11.8 Å². The molecule has 1 aliphatic rings. The number of rotatable bonds is 8. The van der Waals surface area contributed by atoms with Crippen molar-refractivity contribution in [2.24, 2.45) is 0 Å². The third-order valence-electron chi connectivity index (χ3n) is 4.90. The van der Waals surface area contributed by atoms with Crippen LogP contribution in [0.25, 0.3) is 5.57 Å². The topological polar surface area (TPSA) is 70.1 Å². The molecule has 0 saturated heterocycles. The molecule has 0 aromatic heterocycles. The van der Waals surface area contributed by atoms with Gasteiger partial charge in [0.25, 0.3) is 11.8 Å². The monoisotopic (exact) mass is 428 g/mol. The fourth-order valence-corrected chi connectivity index (χ4v) is 3.54. The number of anilines is 1. The maximum Gasteiger partial charge on any atom is 0.282 e. The predicted octanol–water partition coefficient (Wildman–Crippen LogP) is 3.65. The molecule has 0 atom stereocenters. The molecule has 3 rings (SSSR count). The van der Waals surface area contributed by atoms with Gasteiger partial charge in [0.05, 0.1) is 24.5 Å². The maximum atomic E-state index is 13.4. The van der Waals surface area contributed by atoms with Crippen LogP contribution in [-0.2, 0) is 9.59 Å². The molecule has 2 aromatic carbocycles. The van der Waals surface area contributed by atoms with Crippen LogP contribution in [0.15, 0.2) is 48.2 Å². The molecule has 0 unspecified atom stereocenters. The summed E-state index contributed by atoms with van der Waals surface area (Å²) in [6.07, 6.45) is 0.893. The van der Waals surface area contributed by atoms with Crippen molar-refractivity contribution in [2.75, 3.05) is 31.7 Å². The summed E-state index contributed by atoms with van der Waals surface area (Å²) in [6.45, 7) is 4.53. The van der Waals surface area contributed by atoms with Crippen molar-refractivity contribution in [2.45, 2.75) is 20.3 Å². The summed E-state index contributed by atoms with van der Waals surface area (Å²) in [5, 5.41) is 9.82. The number of carbonyl (C=O) groups excluding carboxylic acids is 2. The number of aliphatic hydroxyl groups excluding tert-OH is 1. The summed E-state index contributed by atoms with van der Waals surface area (Å²) in [6, 6.07) is 12.2. The van der Waals surface area contributed by atoms with Crippen LogP contribution in [0, 0.1) is 6.92 Å². The Kier molecular flexibility index (Phi) is 6.80. The van der Waals surface area contributed by atoms with E-state index in [0.717, 1.165) is 16.9 Å². The van der Waals surface area contributed by atoms with Gasteiger partial charge in [-0.05, 0) is 48.7 Å². The molecule has 0 aliphatic carbocycles. The van der Waals surface area contributed by atoms with Gasteiger partial charge in [0.1, 0.15) is 11.4 Å². The fourth-order valence-electron chi connectivity index (χ4n) is 3.37. The van der Waals surface area contributed by atoms with Gasteiger partial charge in [-0.25, -0.2) is 4.90 Å². The fraction of sp³-hybridized carbons (Fsp3) is 0.304. The van der Waals surface area contributed by atoms with Crippen LogP contribution in [-0.4, -0.2) is 48.6 Å². The molecule has 1 aliphatic heterocycles. The average molecular weight is 429 g/mol. The lowest BCUT2D eigenvalue weighted by Crippen LogP contribution is -2.35. The lowest BCUT2D eigenvalue weighted by atomic mass is 10.0. The quantitative estimate of drug-likeness (QED) is 0.650. The van der Waals surface area contributed by atoms with Crippen molar-refractivity contribution in [1.29, 1.82) is 0 Å². The minimum atomic E-state index is -0.442. The molecule has 0 spiro atoms. The molecule has 2 aromatic rings. The van der Waals surface area contributed by atoms with Crippen LogP contribution in [0.2, 0.25) is 5.02 Å². The minimum absolute atomic E-state index is 0.144. The highest BCUT2D eigenvalue weighted by Crippen LogP contribution is 2.37. The molecular weight excluding hydrogens is 404 g/mol. The van der Waals surface area contributed by atoms with Crippen molar-refractivity contribution < 1.29 is 19.4 Å². The SMILES string of the molecule is CCCOc1ccc(C2=C(N(C)CCO)C(=O)N(c3cc(Cl)ccc3C)C2=O)cc1. The first-order valence-electron chi connectivity index (χ1n) is 9.83. The zero-order valence-electron chi connectivity index (χ0n) is 17.3. The second kappa shape index (κ2) is 9.32. The Hall–Kier alpha value is -2.83. The Morgan fingerprint density at radius 3 is 2.43 bits per heavy atom. The molecule has 0 fully saturated rings. The summed E-state index contributed by atoms with van der Waals surface area (Å²) >= 11 is 6.13. The number of halogens is 1. The summed E-state index contributed by atoms with van der Waals surface area (Å²) in [4.78, 5) is 29.5. The number of hydrogen-bond acceptors (Lipinski definition) is 5. The van der Waals surface area contributed by atoms with Crippen molar-refractivity contribution in [3.8, 4) is 5.75 Å². The normalized spacial score (nSPS) is 14.0. The standard InChI is InChI=1S/C23H25ClN2O4/c1-4-13-30-18-9-6-16(7-10-18)20-21(25(3)11-12-27)23(29)26(22(20)28)19-14-17(24)8-5-15(19)2/h5-10,14,27H,4,11-13H2,1-3H3. The molecule has 0 bridgehead atoms. The highest BCUT2D eigenvalue weighted by Gasteiger charge is 2.42. The molecule has 30 heavy (non-hydrogen) atoms. The van der Waals surface area contributed by atoms with Gasteiger partial charge in [0.15, 0.2) is 0 Å². The van der Waals surface area contributed by atoms with E-state index >= 15 is 0 Å². The van der Waals surface area contributed by atoms with Crippen LogP contribution in [0.3, 0.4) is 0 Å².